The number of carboxylic acids is 2. The predicted molar refractivity (Wildman–Crippen MR) is 61.0 cm³/mol. The van der Waals surface area contributed by atoms with Crippen molar-refractivity contribution in [2.45, 2.75) is 31.3 Å². The molecule has 0 spiro atoms. The number of methoxy groups -OCH3 is 1. The smallest absolute Gasteiger partial charge is 0.326 e. The molecule has 1 amide bonds. The summed E-state index contributed by atoms with van der Waals surface area (Å²) in [5.41, 5.74) is 5.44. The third kappa shape index (κ3) is 6.99. The molecular formula is C10H16N2O7. The van der Waals surface area contributed by atoms with E-state index in [9.17, 15) is 19.2 Å². The van der Waals surface area contributed by atoms with Crippen LogP contribution in [0.25, 0.3) is 0 Å². The molecule has 9 nitrogen and oxygen atoms in total. The number of hydrogen-bond donors (Lipinski definition) is 4. The largest absolute Gasteiger partial charge is 0.481 e. The molecule has 0 aromatic carbocycles. The summed E-state index contributed by atoms with van der Waals surface area (Å²) in [6.45, 7) is 0. The van der Waals surface area contributed by atoms with Crippen molar-refractivity contribution in [3.8, 4) is 0 Å². The van der Waals surface area contributed by atoms with Crippen molar-refractivity contribution in [1.29, 1.82) is 0 Å². The summed E-state index contributed by atoms with van der Waals surface area (Å²) in [4.78, 5) is 43.5. The van der Waals surface area contributed by atoms with E-state index in [1.165, 1.54) is 7.11 Å². The van der Waals surface area contributed by atoms with Gasteiger partial charge in [-0.2, -0.15) is 0 Å². The first-order valence-corrected chi connectivity index (χ1v) is 5.35. The summed E-state index contributed by atoms with van der Waals surface area (Å²) in [5, 5.41) is 19.2. The van der Waals surface area contributed by atoms with E-state index in [0.29, 0.717) is 0 Å². The number of nitrogens with two attached hydrogens (primary N) is 1. The van der Waals surface area contributed by atoms with E-state index < -0.39 is 42.3 Å². The van der Waals surface area contributed by atoms with Crippen LogP contribution in [-0.2, 0) is 23.9 Å². The van der Waals surface area contributed by atoms with E-state index in [0.717, 1.165) is 0 Å². The zero-order chi connectivity index (χ0) is 15.0. The second-order valence-corrected chi connectivity index (χ2v) is 3.72. The molecule has 0 radical (unpaired) electrons. The maximum atomic E-state index is 11.5. The summed E-state index contributed by atoms with van der Waals surface area (Å²) in [6, 6.07) is -2.68. The fourth-order valence-electron chi connectivity index (χ4n) is 1.16. The molecule has 0 aliphatic heterocycles. The number of carboxylic acid groups (broad SMARTS) is 2. The lowest BCUT2D eigenvalue weighted by Gasteiger charge is -2.16. The molecule has 0 saturated carbocycles. The molecule has 0 saturated heterocycles. The van der Waals surface area contributed by atoms with Gasteiger partial charge in [0.15, 0.2) is 0 Å². The maximum absolute atomic E-state index is 11.5. The lowest BCUT2D eigenvalue weighted by molar-refractivity contribution is -0.147. The van der Waals surface area contributed by atoms with Gasteiger partial charge in [0.1, 0.15) is 6.04 Å². The molecule has 0 bridgehead atoms. The molecule has 0 rings (SSSR count). The Kier molecular flexibility index (Phi) is 7.12. The third-order valence-corrected chi connectivity index (χ3v) is 2.22. The minimum Gasteiger partial charge on any atom is -0.481 e. The van der Waals surface area contributed by atoms with Crippen LogP contribution in [0.2, 0.25) is 0 Å². The van der Waals surface area contributed by atoms with Crippen LogP contribution in [-0.4, -0.2) is 53.2 Å². The van der Waals surface area contributed by atoms with Gasteiger partial charge in [-0.05, 0) is 6.42 Å². The van der Waals surface area contributed by atoms with Crippen LogP contribution >= 0.6 is 0 Å². The maximum Gasteiger partial charge on any atom is 0.326 e. The molecule has 0 heterocycles. The Morgan fingerprint density at radius 1 is 1.26 bits per heavy atom. The van der Waals surface area contributed by atoms with Crippen LogP contribution < -0.4 is 11.1 Å². The van der Waals surface area contributed by atoms with E-state index in [2.05, 4.69) is 4.74 Å². The van der Waals surface area contributed by atoms with Crippen LogP contribution in [0.1, 0.15) is 19.3 Å². The first kappa shape index (κ1) is 16.8. The SMILES string of the molecule is COC(=O)CC[C@H](N)C(=O)N[C@@H](CC(=O)O)C(=O)O. The summed E-state index contributed by atoms with van der Waals surface area (Å²) in [5.74, 6) is -4.23. The minimum atomic E-state index is -1.56. The molecule has 0 aromatic rings. The highest BCUT2D eigenvalue weighted by molar-refractivity contribution is 5.89. The first-order chi connectivity index (χ1) is 8.77. The number of hydrogen-bond acceptors (Lipinski definition) is 6. The van der Waals surface area contributed by atoms with Crippen molar-refractivity contribution in [2.75, 3.05) is 7.11 Å². The highest BCUT2D eigenvalue weighted by Gasteiger charge is 2.25. The highest BCUT2D eigenvalue weighted by atomic mass is 16.5. The number of ether oxygens (including phenoxy) is 1. The van der Waals surface area contributed by atoms with Crippen LogP contribution in [0.15, 0.2) is 0 Å². The van der Waals surface area contributed by atoms with Crippen molar-refractivity contribution < 1.29 is 34.1 Å². The van der Waals surface area contributed by atoms with Crippen LogP contribution in [0.4, 0.5) is 0 Å². The van der Waals surface area contributed by atoms with Gasteiger partial charge < -0.3 is 26.0 Å². The van der Waals surface area contributed by atoms with Crippen LogP contribution in [0.3, 0.4) is 0 Å². The first-order valence-electron chi connectivity index (χ1n) is 5.35. The average molecular weight is 276 g/mol. The molecule has 9 heteroatoms. The number of carbonyl (C=O) groups excluding carboxylic acids is 2. The standard InChI is InChI=1S/C10H16N2O7/c1-19-8(15)3-2-5(11)9(16)12-6(10(17)18)4-7(13)14/h5-6H,2-4,11H2,1H3,(H,12,16)(H,13,14)(H,17,18)/t5-,6-/m0/s1. The van der Waals surface area contributed by atoms with Gasteiger partial charge in [-0.25, -0.2) is 4.79 Å². The van der Waals surface area contributed by atoms with Crippen molar-refractivity contribution in [2.24, 2.45) is 5.73 Å². The lowest BCUT2D eigenvalue weighted by atomic mass is 10.1. The van der Waals surface area contributed by atoms with Gasteiger partial charge in [0.2, 0.25) is 5.91 Å². The van der Waals surface area contributed by atoms with Crippen LogP contribution in [0.5, 0.6) is 0 Å². The second-order valence-electron chi connectivity index (χ2n) is 3.72. The third-order valence-electron chi connectivity index (χ3n) is 2.22. The van der Waals surface area contributed by atoms with Gasteiger partial charge in [0.05, 0.1) is 19.6 Å². The average Bonchev–Trinajstić information content (AvgIpc) is 2.33. The number of nitrogens with one attached hydrogen (secondary N) is 1. The Balaban J connectivity index is 4.35. The molecule has 19 heavy (non-hydrogen) atoms. The Morgan fingerprint density at radius 2 is 1.84 bits per heavy atom. The summed E-state index contributed by atoms with van der Waals surface area (Å²) in [7, 11) is 1.18. The van der Waals surface area contributed by atoms with Gasteiger partial charge in [-0.1, -0.05) is 0 Å². The van der Waals surface area contributed by atoms with Gasteiger partial charge in [-0.3, -0.25) is 14.4 Å². The highest BCUT2D eigenvalue weighted by Crippen LogP contribution is 1.99. The molecule has 0 unspecified atom stereocenters. The molecule has 0 aromatic heterocycles. The summed E-state index contributed by atoms with van der Waals surface area (Å²) < 4.78 is 4.35. The lowest BCUT2D eigenvalue weighted by Crippen LogP contribution is -2.49. The van der Waals surface area contributed by atoms with E-state index >= 15 is 0 Å². The molecule has 0 fully saturated rings. The Labute approximate surface area is 108 Å². The molecule has 0 aliphatic rings. The fraction of sp³-hybridized carbons (Fsp3) is 0.600. The number of esters is 1. The normalized spacial score (nSPS) is 13.2. The number of aliphatic carboxylic acids is 2. The quantitative estimate of drug-likeness (QED) is 0.382. The van der Waals surface area contributed by atoms with E-state index in [-0.39, 0.29) is 12.8 Å². The summed E-state index contributed by atoms with van der Waals surface area (Å²) >= 11 is 0. The Hall–Kier alpha value is -2.16. The zero-order valence-corrected chi connectivity index (χ0v) is 10.3. The summed E-state index contributed by atoms with van der Waals surface area (Å²) in [6.07, 6.45) is -0.884. The minimum absolute atomic E-state index is 0.0298. The number of carbonyl (C=O) groups is 4. The molecular weight excluding hydrogens is 260 g/mol. The Morgan fingerprint density at radius 3 is 2.26 bits per heavy atom. The second kappa shape index (κ2) is 8.03. The van der Waals surface area contributed by atoms with Gasteiger partial charge in [0, 0.05) is 6.42 Å². The molecule has 108 valence electrons. The molecule has 2 atom stereocenters. The Bertz CT molecular complexity index is 369. The number of rotatable bonds is 8. The molecule has 0 aliphatic carbocycles. The van der Waals surface area contributed by atoms with Crippen molar-refractivity contribution in [3.05, 3.63) is 0 Å². The topological polar surface area (TPSA) is 156 Å². The van der Waals surface area contributed by atoms with Crippen LogP contribution in [0, 0.1) is 0 Å². The monoisotopic (exact) mass is 276 g/mol. The number of amides is 1. The van der Waals surface area contributed by atoms with Crippen molar-refractivity contribution in [3.63, 3.8) is 0 Å². The van der Waals surface area contributed by atoms with E-state index in [4.69, 9.17) is 15.9 Å². The zero-order valence-electron chi connectivity index (χ0n) is 10.3. The van der Waals surface area contributed by atoms with Gasteiger partial charge in [-0.15, -0.1) is 0 Å². The van der Waals surface area contributed by atoms with Gasteiger partial charge >= 0.3 is 17.9 Å². The molecule has 5 N–H and O–H groups in total. The van der Waals surface area contributed by atoms with Crippen molar-refractivity contribution >= 4 is 23.8 Å². The van der Waals surface area contributed by atoms with Crippen molar-refractivity contribution in [1.82, 2.24) is 5.32 Å². The predicted octanol–water partition coefficient (Wildman–Crippen LogP) is -1.69. The van der Waals surface area contributed by atoms with E-state index in [1.807, 2.05) is 5.32 Å². The van der Waals surface area contributed by atoms with E-state index in [1.54, 1.807) is 0 Å². The van der Waals surface area contributed by atoms with Gasteiger partial charge in [0.25, 0.3) is 0 Å². The fourth-order valence-corrected chi connectivity index (χ4v) is 1.16.